The first-order valence-electron chi connectivity index (χ1n) is 6.33. The lowest BCUT2D eigenvalue weighted by molar-refractivity contribution is 0.107. The Morgan fingerprint density at radius 1 is 1.42 bits per heavy atom. The second kappa shape index (κ2) is 6.04. The Hall–Kier alpha value is -0.890. The van der Waals surface area contributed by atoms with Crippen molar-refractivity contribution < 1.29 is 17.6 Å². The summed E-state index contributed by atoms with van der Waals surface area (Å²) in [5.74, 6) is 0.620. The highest BCUT2D eigenvalue weighted by molar-refractivity contribution is 7.89. The predicted molar refractivity (Wildman–Crippen MR) is 70.2 cm³/mol. The molecule has 1 aromatic heterocycles. The highest BCUT2D eigenvalue weighted by Crippen LogP contribution is 2.22. The molecule has 2 rings (SSSR count). The van der Waals surface area contributed by atoms with Crippen LogP contribution in [0.2, 0.25) is 0 Å². The first-order chi connectivity index (χ1) is 9.05. The lowest BCUT2D eigenvalue weighted by Crippen LogP contribution is -2.26. The van der Waals surface area contributed by atoms with Gasteiger partial charge in [0.1, 0.15) is 5.76 Å². The van der Waals surface area contributed by atoms with E-state index in [1.54, 1.807) is 13.2 Å². The summed E-state index contributed by atoms with van der Waals surface area (Å²) < 4.78 is 35.9. The van der Waals surface area contributed by atoms with E-state index in [1.807, 2.05) is 0 Å². The molecule has 2 atom stereocenters. The van der Waals surface area contributed by atoms with E-state index in [0.717, 1.165) is 19.3 Å². The number of hydrogen-bond donors (Lipinski definition) is 2. The van der Waals surface area contributed by atoms with Crippen LogP contribution in [0, 0.1) is 0 Å². The molecule has 1 aromatic rings. The van der Waals surface area contributed by atoms with Crippen LogP contribution in [0.15, 0.2) is 21.6 Å². The molecule has 0 aliphatic heterocycles. The number of ether oxygens (including phenoxy) is 1. The molecule has 1 fully saturated rings. The Kier molecular flexibility index (Phi) is 4.62. The maximum absolute atomic E-state index is 11.5. The monoisotopic (exact) mass is 288 g/mol. The van der Waals surface area contributed by atoms with Crippen molar-refractivity contribution in [2.75, 3.05) is 14.2 Å². The highest BCUT2D eigenvalue weighted by Gasteiger charge is 2.24. The zero-order valence-electron chi connectivity index (χ0n) is 11.2. The van der Waals surface area contributed by atoms with E-state index in [2.05, 4.69) is 10.0 Å². The summed E-state index contributed by atoms with van der Waals surface area (Å²) in [5, 5.41) is 3.31. The average molecular weight is 288 g/mol. The minimum Gasteiger partial charge on any atom is -0.447 e. The summed E-state index contributed by atoms with van der Waals surface area (Å²) in [6.07, 6.45) is 3.44. The van der Waals surface area contributed by atoms with Crippen LogP contribution < -0.4 is 10.0 Å². The van der Waals surface area contributed by atoms with Crippen molar-refractivity contribution in [3.05, 3.63) is 17.9 Å². The smallest absolute Gasteiger partial charge is 0.273 e. The van der Waals surface area contributed by atoms with Gasteiger partial charge in [0.2, 0.25) is 5.09 Å². The fraction of sp³-hybridized carbons (Fsp3) is 0.667. The third-order valence-corrected chi connectivity index (χ3v) is 4.74. The quantitative estimate of drug-likeness (QED) is 0.811. The minimum absolute atomic E-state index is 0.0482. The molecular formula is C12H20N2O4S. The average Bonchev–Trinajstić information content (AvgIpc) is 3.05. The predicted octanol–water partition coefficient (Wildman–Crippen LogP) is 0.845. The van der Waals surface area contributed by atoms with E-state index in [-0.39, 0.29) is 5.09 Å². The normalized spacial score (nSPS) is 23.9. The second-order valence-electron chi connectivity index (χ2n) is 4.68. The van der Waals surface area contributed by atoms with E-state index in [1.165, 1.54) is 13.1 Å². The molecule has 0 aromatic carbocycles. The SMILES string of the molecule is CNS(=O)(=O)c1ccc(CNC2CCC(OC)C2)o1. The van der Waals surface area contributed by atoms with E-state index in [9.17, 15) is 8.42 Å². The molecule has 0 bridgehead atoms. The number of rotatable bonds is 6. The van der Waals surface area contributed by atoms with Gasteiger partial charge in [-0.25, -0.2) is 13.1 Å². The van der Waals surface area contributed by atoms with Gasteiger partial charge in [0, 0.05) is 13.2 Å². The van der Waals surface area contributed by atoms with Crippen LogP contribution in [-0.4, -0.2) is 34.7 Å². The number of nitrogens with one attached hydrogen (secondary N) is 2. The first-order valence-corrected chi connectivity index (χ1v) is 7.82. The van der Waals surface area contributed by atoms with E-state index in [4.69, 9.17) is 9.15 Å². The fourth-order valence-corrected chi connectivity index (χ4v) is 2.95. The van der Waals surface area contributed by atoms with Crippen molar-refractivity contribution in [1.29, 1.82) is 0 Å². The van der Waals surface area contributed by atoms with Crippen molar-refractivity contribution in [2.24, 2.45) is 0 Å². The maximum Gasteiger partial charge on any atom is 0.273 e. The molecule has 0 amide bonds. The third-order valence-electron chi connectivity index (χ3n) is 3.45. The van der Waals surface area contributed by atoms with E-state index >= 15 is 0 Å². The topological polar surface area (TPSA) is 80.6 Å². The van der Waals surface area contributed by atoms with Crippen LogP contribution in [0.3, 0.4) is 0 Å². The van der Waals surface area contributed by atoms with Gasteiger partial charge in [-0.2, -0.15) is 0 Å². The van der Waals surface area contributed by atoms with Crippen molar-refractivity contribution in [2.45, 2.75) is 43.0 Å². The molecule has 0 radical (unpaired) electrons. The first kappa shape index (κ1) is 14.5. The Bertz CT molecular complexity index is 512. The van der Waals surface area contributed by atoms with E-state index < -0.39 is 10.0 Å². The standard InChI is InChI=1S/C12H20N2O4S/c1-13-19(15,16)12-6-5-11(18-12)8-14-9-3-4-10(7-9)17-2/h5-6,9-10,13-14H,3-4,7-8H2,1-2H3. The van der Waals surface area contributed by atoms with Crippen LogP contribution in [0.25, 0.3) is 0 Å². The van der Waals surface area contributed by atoms with Crippen LogP contribution in [-0.2, 0) is 21.3 Å². The summed E-state index contributed by atoms with van der Waals surface area (Å²) in [6, 6.07) is 3.55. The number of methoxy groups -OCH3 is 1. The van der Waals surface area contributed by atoms with Gasteiger partial charge < -0.3 is 14.5 Å². The van der Waals surface area contributed by atoms with Crippen molar-refractivity contribution in [3.8, 4) is 0 Å². The lowest BCUT2D eigenvalue weighted by Gasteiger charge is -2.11. The molecule has 2 unspecified atom stereocenters. The zero-order valence-corrected chi connectivity index (χ0v) is 12.0. The number of furan rings is 1. The van der Waals surface area contributed by atoms with Crippen molar-refractivity contribution in [1.82, 2.24) is 10.0 Å². The van der Waals surface area contributed by atoms with Gasteiger partial charge in [0.05, 0.1) is 12.6 Å². The molecule has 1 saturated carbocycles. The summed E-state index contributed by atoms with van der Waals surface area (Å²) in [6.45, 7) is 0.528. The molecule has 0 spiro atoms. The molecule has 1 aliphatic rings. The maximum atomic E-state index is 11.5. The van der Waals surface area contributed by atoms with Crippen LogP contribution in [0.1, 0.15) is 25.0 Å². The Labute approximate surface area is 113 Å². The summed E-state index contributed by atoms with van der Waals surface area (Å²) >= 11 is 0. The van der Waals surface area contributed by atoms with Crippen LogP contribution >= 0.6 is 0 Å². The molecule has 19 heavy (non-hydrogen) atoms. The third kappa shape index (κ3) is 3.56. The van der Waals surface area contributed by atoms with Gasteiger partial charge in [-0.3, -0.25) is 0 Å². The van der Waals surface area contributed by atoms with Gasteiger partial charge in [-0.15, -0.1) is 0 Å². The summed E-state index contributed by atoms with van der Waals surface area (Å²) in [4.78, 5) is 0. The van der Waals surface area contributed by atoms with Crippen molar-refractivity contribution >= 4 is 10.0 Å². The second-order valence-corrected chi connectivity index (χ2v) is 6.49. The van der Waals surface area contributed by atoms with Gasteiger partial charge >= 0.3 is 0 Å². The summed E-state index contributed by atoms with van der Waals surface area (Å²) in [5.41, 5.74) is 0. The Balaban J connectivity index is 1.88. The summed E-state index contributed by atoms with van der Waals surface area (Å²) in [7, 11) is -0.401. The van der Waals surface area contributed by atoms with Gasteiger partial charge in [-0.1, -0.05) is 0 Å². The van der Waals surface area contributed by atoms with Crippen LogP contribution in [0.4, 0.5) is 0 Å². The molecular weight excluding hydrogens is 268 g/mol. The van der Waals surface area contributed by atoms with Gasteiger partial charge in [0.15, 0.2) is 0 Å². The Morgan fingerprint density at radius 3 is 2.84 bits per heavy atom. The molecule has 1 aliphatic carbocycles. The molecule has 108 valence electrons. The minimum atomic E-state index is -3.49. The van der Waals surface area contributed by atoms with Crippen LogP contribution in [0.5, 0.6) is 0 Å². The Morgan fingerprint density at radius 2 is 2.21 bits per heavy atom. The largest absolute Gasteiger partial charge is 0.447 e. The molecule has 7 heteroatoms. The lowest BCUT2D eigenvalue weighted by atomic mass is 10.2. The molecule has 1 heterocycles. The zero-order chi connectivity index (χ0) is 13.9. The van der Waals surface area contributed by atoms with Gasteiger partial charge in [0.25, 0.3) is 10.0 Å². The fourth-order valence-electron chi connectivity index (χ4n) is 2.28. The molecule has 6 nitrogen and oxygen atoms in total. The van der Waals surface area contributed by atoms with Gasteiger partial charge in [-0.05, 0) is 38.4 Å². The van der Waals surface area contributed by atoms with E-state index in [0.29, 0.717) is 24.5 Å². The molecule has 2 N–H and O–H groups in total. The number of sulfonamides is 1. The van der Waals surface area contributed by atoms with Crippen molar-refractivity contribution in [3.63, 3.8) is 0 Å². The highest BCUT2D eigenvalue weighted by atomic mass is 32.2. The molecule has 0 saturated heterocycles. The number of hydrogen-bond acceptors (Lipinski definition) is 5.